The summed E-state index contributed by atoms with van der Waals surface area (Å²) in [7, 11) is 0. The maximum Gasteiger partial charge on any atom is 0.288 e. The minimum Gasteiger partial charge on any atom is -0.258 e. The van der Waals surface area contributed by atoms with Crippen molar-refractivity contribution in [3.05, 3.63) is 42.6 Å². The molecule has 0 unspecified atom stereocenters. The molecule has 2 rings (SSSR count). The van der Waals surface area contributed by atoms with Gasteiger partial charge in [-0.2, -0.15) is 0 Å². The largest absolute Gasteiger partial charge is 0.288 e. The maximum absolute atomic E-state index is 10.7. The molecule has 0 bridgehead atoms. The molecular formula is C9H4BrClN2O2S. The van der Waals surface area contributed by atoms with Gasteiger partial charge in [0.05, 0.1) is 10.6 Å². The Morgan fingerprint density at radius 2 is 2.25 bits per heavy atom. The van der Waals surface area contributed by atoms with Gasteiger partial charge >= 0.3 is 0 Å². The van der Waals surface area contributed by atoms with Crippen molar-refractivity contribution >= 4 is 44.6 Å². The predicted molar refractivity (Wildman–Crippen MR) is 66.9 cm³/mol. The average molecular weight is 320 g/mol. The molecule has 0 amide bonds. The van der Waals surface area contributed by atoms with Crippen molar-refractivity contribution in [3.63, 3.8) is 0 Å². The first kappa shape index (κ1) is 11.5. The summed E-state index contributed by atoms with van der Waals surface area (Å²) in [6.45, 7) is 0. The van der Waals surface area contributed by atoms with Crippen LogP contribution in [0.25, 0.3) is 11.3 Å². The second kappa shape index (κ2) is 4.48. The van der Waals surface area contributed by atoms with Gasteiger partial charge in [-0.3, -0.25) is 10.1 Å². The molecule has 0 aliphatic carbocycles. The van der Waals surface area contributed by atoms with E-state index in [-0.39, 0.29) is 10.7 Å². The van der Waals surface area contributed by atoms with Crippen LogP contribution in [0, 0.1) is 10.1 Å². The molecule has 0 saturated carbocycles. The fourth-order valence-corrected chi connectivity index (χ4v) is 2.40. The van der Waals surface area contributed by atoms with Crippen molar-refractivity contribution in [2.45, 2.75) is 0 Å². The number of thiazole rings is 1. The van der Waals surface area contributed by atoms with E-state index in [4.69, 9.17) is 11.6 Å². The van der Waals surface area contributed by atoms with Crippen LogP contribution in [0.2, 0.25) is 5.02 Å². The van der Waals surface area contributed by atoms with Gasteiger partial charge in [-0.05, 0) is 22.0 Å². The molecule has 0 spiro atoms. The predicted octanol–water partition coefficient (Wildman–Crippen LogP) is 4.13. The van der Waals surface area contributed by atoms with Crippen LogP contribution >= 0.6 is 38.9 Å². The van der Waals surface area contributed by atoms with Gasteiger partial charge in [0.15, 0.2) is 3.92 Å². The van der Waals surface area contributed by atoms with E-state index in [0.29, 0.717) is 11.3 Å². The van der Waals surface area contributed by atoms with Gasteiger partial charge in [-0.1, -0.05) is 17.7 Å². The van der Waals surface area contributed by atoms with Crippen LogP contribution in [0.3, 0.4) is 0 Å². The third kappa shape index (κ3) is 2.23. The Balaban J connectivity index is 2.51. The number of hydrogen-bond donors (Lipinski definition) is 0. The van der Waals surface area contributed by atoms with Gasteiger partial charge in [0, 0.05) is 17.0 Å². The third-order valence-corrected chi connectivity index (χ3v) is 3.60. The zero-order chi connectivity index (χ0) is 11.7. The molecule has 7 heteroatoms. The van der Waals surface area contributed by atoms with E-state index in [1.54, 1.807) is 6.07 Å². The Kier molecular flexibility index (Phi) is 3.22. The molecule has 1 heterocycles. The fraction of sp³-hybridized carbons (Fsp3) is 0. The topological polar surface area (TPSA) is 56.0 Å². The van der Waals surface area contributed by atoms with Crippen LogP contribution in [0.5, 0.6) is 0 Å². The molecule has 1 aromatic carbocycles. The summed E-state index contributed by atoms with van der Waals surface area (Å²) >= 11 is 10.4. The van der Waals surface area contributed by atoms with Crippen LogP contribution in [-0.2, 0) is 0 Å². The zero-order valence-electron chi connectivity index (χ0n) is 7.68. The lowest BCUT2D eigenvalue weighted by molar-refractivity contribution is -0.384. The average Bonchev–Trinajstić information content (AvgIpc) is 2.65. The van der Waals surface area contributed by atoms with Crippen LogP contribution < -0.4 is 0 Å². The molecule has 0 N–H and O–H groups in total. The number of nitro groups is 1. The number of aromatic nitrogens is 1. The number of nitro benzene ring substituents is 1. The van der Waals surface area contributed by atoms with E-state index in [1.807, 2.05) is 5.38 Å². The van der Waals surface area contributed by atoms with Gasteiger partial charge in [0.25, 0.3) is 5.69 Å². The van der Waals surface area contributed by atoms with Gasteiger partial charge < -0.3 is 0 Å². The highest BCUT2D eigenvalue weighted by Gasteiger charge is 2.14. The monoisotopic (exact) mass is 318 g/mol. The van der Waals surface area contributed by atoms with Crippen molar-refractivity contribution in [2.75, 3.05) is 0 Å². The first-order valence-electron chi connectivity index (χ1n) is 4.13. The second-order valence-corrected chi connectivity index (χ2v) is 5.45. The van der Waals surface area contributed by atoms with Crippen molar-refractivity contribution in [1.82, 2.24) is 4.98 Å². The number of nitrogens with zero attached hydrogens (tertiary/aromatic N) is 2. The molecule has 0 fully saturated rings. The van der Waals surface area contributed by atoms with Gasteiger partial charge in [-0.15, -0.1) is 11.3 Å². The van der Waals surface area contributed by atoms with Gasteiger partial charge in [0.1, 0.15) is 5.02 Å². The number of hydrogen-bond acceptors (Lipinski definition) is 4. The minimum absolute atomic E-state index is 0.108. The smallest absolute Gasteiger partial charge is 0.258 e. The third-order valence-electron chi connectivity index (χ3n) is 1.91. The first-order chi connectivity index (χ1) is 7.58. The fourth-order valence-electron chi connectivity index (χ4n) is 1.20. The lowest BCUT2D eigenvalue weighted by atomic mass is 10.1. The Bertz CT molecular complexity index is 558. The normalized spacial score (nSPS) is 10.4. The number of rotatable bonds is 2. The van der Waals surface area contributed by atoms with E-state index >= 15 is 0 Å². The molecule has 0 aliphatic rings. The molecule has 2 aromatic rings. The van der Waals surface area contributed by atoms with E-state index in [9.17, 15) is 10.1 Å². The van der Waals surface area contributed by atoms with Crippen LogP contribution in [0.4, 0.5) is 5.69 Å². The van der Waals surface area contributed by atoms with Gasteiger partial charge in [0.2, 0.25) is 0 Å². The molecule has 0 atom stereocenters. The van der Waals surface area contributed by atoms with Crippen LogP contribution in [-0.4, -0.2) is 9.91 Å². The Labute approximate surface area is 108 Å². The van der Waals surface area contributed by atoms with Crippen LogP contribution in [0.15, 0.2) is 27.5 Å². The number of halogens is 2. The summed E-state index contributed by atoms with van der Waals surface area (Å²) < 4.78 is 0.736. The molecule has 4 nitrogen and oxygen atoms in total. The molecule has 82 valence electrons. The van der Waals surface area contributed by atoms with Crippen molar-refractivity contribution in [1.29, 1.82) is 0 Å². The van der Waals surface area contributed by atoms with E-state index in [2.05, 4.69) is 20.9 Å². The van der Waals surface area contributed by atoms with Crippen molar-refractivity contribution in [3.8, 4) is 11.3 Å². The molecule has 0 radical (unpaired) electrons. The summed E-state index contributed by atoms with van der Waals surface area (Å²) in [5.74, 6) is 0. The standard InChI is InChI=1S/C9H4BrClN2O2S/c10-9-12-7(4-16-9)5-1-2-6(11)8(3-5)13(14)15/h1-4H. The summed E-state index contributed by atoms with van der Waals surface area (Å²) in [4.78, 5) is 14.4. The van der Waals surface area contributed by atoms with Gasteiger partial charge in [-0.25, -0.2) is 4.98 Å². The summed E-state index contributed by atoms with van der Waals surface area (Å²) in [5.41, 5.74) is 1.26. The molecule has 16 heavy (non-hydrogen) atoms. The van der Waals surface area contributed by atoms with E-state index in [1.165, 1.54) is 23.5 Å². The lowest BCUT2D eigenvalue weighted by Crippen LogP contribution is -1.89. The molecule has 1 aromatic heterocycles. The lowest BCUT2D eigenvalue weighted by Gasteiger charge is -1.98. The Morgan fingerprint density at radius 3 is 2.81 bits per heavy atom. The quantitative estimate of drug-likeness (QED) is 0.617. The second-order valence-electron chi connectivity index (χ2n) is 2.91. The van der Waals surface area contributed by atoms with Crippen molar-refractivity contribution in [2.24, 2.45) is 0 Å². The highest BCUT2D eigenvalue weighted by Crippen LogP contribution is 2.31. The van der Waals surface area contributed by atoms with Crippen molar-refractivity contribution < 1.29 is 4.92 Å². The van der Waals surface area contributed by atoms with E-state index in [0.717, 1.165) is 3.92 Å². The summed E-state index contributed by atoms with van der Waals surface area (Å²) in [6.07, 6.45) is 0. The highest BCUT2D eigenvalue weighted by atomic mass is 79.9. The molecule has 0 aliphatic heterocycles. The molecule has 0 saturated heterocycles. The van der Waals surface area contributed by atoms with E-state index < -0.39 is 4.92 Å². The van der Waals surface area contributed by atoms with Crippen LogP contribution in [0.1, 0.15) is 0 Å². The zero-order valence-corrected chi connectivity index (χ0v) is 10.8. The minimum atomic E-state index is -0.507. The molecular weight excluding hydrogens is 316 g/mol. The SMILES string of the molecule is O=[N+]([O-])c1cc(-c2csc(Br)n2)ccc1Cl. The summed E-state index contributed by atoms with van der Waals surface area (Å²) in [5, 5.41) is 12.6. The Hall–Kier alpha value is -0.980. The highest BCUT2D eigenvalue weighted by molar-refractivity contribution is 9.11. The summed E-state index contributed by atoms with van der Waals surface area (Å²) in [6, 6.07) is 4.63. The Morgan fingerprint density at radius 1 is 1.50 bits per heavy atom. The number of benzene rings is 1. The first-order valence-corrected chi connectivity index (χ1v) is 6.18. The maximum atomic E-state index is 10.7.